The second kappa shape index (κ2) is 5.78. The second-order valence-corrected chi connectivity index (χ2v) is 5.51. The summed E-state index contributed by atoms with van der Waals surface area (Å²) in [5, 5.41) is 0.612. The molecule has 2 aromatic rings. The summed E-state index contributed by atoms with van der Waals surface area (Å²) >= 11 is 6.17. The van der Waals surface area contributed by atoms with Crippen molar-refractivity contribution in [1.82, 2.24) is 0 Å². The Hall–Kier alpha value is -2.00. The molecule has 0 aromatic heterocycles. The fourth-order valence-electron chi connectivity index (χ4n) is 2.28. The Morgan fingerprint density at radius 2 is 2.00 bits per heavy atom. The van der Waals surface area contributed by atoms with E-state index in [2.05, 4.69) is 0 Å². The standard InChI is InChI=1S/C17H15ClO3/c1-11-6-7-12(13(18)8-11)9-14(19)17-10-20-15-4-2-3-5-16(15)21-17/h2-8,17H,9-10H2,1H3. The van der Waals surface area contributed by atoms with Crippen LogP contribution in [0.5, 0.6) is 11.5 Å². The fraction of sp³-hybridized carbons (Fsp3) is 0.235. The molecule has 2 aromatic carbocycles. The van der Waals surface area contributed by atoms with Gasteiger partial charge in [0.2, 0.25) is 0 Å². The Bertz CT molecular complexity index is 681. The molecule has 3 nitrogen and oxygen atoms in total. The molecule has 1 aliphatic rings. The number of para-hydroxylation sites is 2. The van der Waals surface area contributed by atoms with E-state index in [1.54, 1.807) is 6.07 Å². The van der Waals surface area contributed by atoms with Gasteiger partial charge in [0.1, 0.15) is 6.61 Å². The third kappa shape index (κ3) is 3.03. The second-order valence-electron chi connectivity index (χ2n) is 5.10. The van der Waals surface area contributed by atoms with Gasteiger partial charge in [0.15, 0.2) is 23.4 Å². The number of rotatable bonds is 3. The highest BCUT2D eigenvalue weighted by Crippen LogP contribution is 2.31. The Labute approximate surface area is 128 Å². The van der Waals surface area contributed by atoms with E-state index in [-0.39, 0.29) is 18.8 Å². The summed E-state index contributed by atoms with van der Waals surface area (Å²) in [4.78, 5) is 12.4. The molecule has 1 heterocycles. The highest BCUT2D eigenvalue weighted by atomic mass is 35.5. The molecule has 0 fully saturated rings. The average Bonchev–Trinajstić information content (AvgIpc) is 2.49. The van der Waals surface area contributed by atoms with Crippen molar-refractivity contribution in [3.8, 4) is 11.5 Å². The number of benzene rings is 2. The summed E-state index contributed by atoms with van der Waals surface area (Å²) < 4.78 is 11.3. The van der Waals surface area contributed by atoms with Crippen LogP contribution in [-0.4, -0.2) is 18.5 Å². The number of aryl methyl sites for hydroxylation is 1. The quantitative estimate of drug-likeness (QED) is 0.869. The van der Waals surface area contributed by atoms with E-state index in [0.717, 1.165) is 11.1 Å². The first-order valence-electron chi connectivity index (χ1n) is 6.80. The molecule has 1 aliphatic heterocycles. The third-order valence-electron chi connectivity index (χ3n) is 3.44. The molecule has 0 saturated heterocycles. The lowest BCUT2D eigenvalue weighted by molar-refractivity contribution is -0.127. The van der Waals surface area contributed by atoms with Crippen molar-refractivity contribution in [2.24, 2.45) is 0 Å². The van der Waals surface area contributed by atoms with Crippen LogP contribution < -0.4 is 9.47 Å². The van der Waals surface area contributed by atoms with Crippen LogP contribution in [0.2, 0.25) is 5.02 Å². The van der Waals surface area contributed by atoms with E-state index in [0.29, 0.717) is 16.5 Å². The lowest BCUT2D eigenvalue weighted by atomic mass is 10.0. The first kappa shape index (κ1) is 14.0. The van der Waals surface area contributed by atoms with E-state index >= 15 is 0 Å². The Kier molecular flexibility index (Phi) is 3.84. The zero-order valence-electron chi connectivity index (χ0n) is 11.6. The summed E-state index contributed by atoms with van der Waals surface area (Å²) in [5.74, 6) is 1.25. The molecule has 108 valence electrons. The fourth-order valence-corrected chi connectivity index (χ4v) is 2.58. The molecule has 0 spiro atoms. The predicted molar refractivity (Wildman–Crippen MR) is 81.3 cm³/mol. The minimum Gasteiger partial charge on any atom is -0.485 e. The Morgan fingerprint density at radius 3 is 2.76 bits per heavy atom. The SMILES string of the molecule is Cc1ccc(CC(=O)C2COc3ccccc3O2)c(Cl)c1. The van der Waals surface area contributed by atoms with Crippen molar-refractivity contribution in [2.75, 3.05) is 6.61 Å². The Morgan fingerprint density at radius 1 is 1.24 bits per heavy atom. The minimum absolute atomic E-state index is 0.0322. The molecule has 0 saturated carbocycles. The molecule has 1 atom stereocenters. The topological polar surface area (TPSA) is 35.5 Å². The van der Waals surface area contributed by atoms with Gasteiger partial charge in [-0.05, 0) is 36.2 Å². The number of carbonyl (C=O) groups excluding carboxylic acids is 1. The highest BCUT2D eigenvalue weighted by molar-refractivity contribution is 6.31. The number of hydrogen-bond acceptors (Lipinski definition) is 3. The van der Waals surface area contributed by atoms with Gasteiger partial charge < -0.3 is 9.47 Å². The largest absolute Gasteiger partial charge is 0.485 e. The number of ketones is 1. The van der Waals surface area contributed by atoms with Crippen LogP contribution in [0.25, 0.3) is 0 Å². The average molecular weight is 303 g/mol. The predicted octanol–water partition coefficient (Wildman–Crippen LogP) is 3.60. The third-order valence-corrected chi connectivity index (χ3v) is 3.79. The molecular weight excluding hydrogens is 288 g/mol. The molecule has 0 radical (unpaired) electrons. The maximum atomic E-state index is 12.4. The van der Waals surface area contributed by atoms with Crippen LogP contribution in [0.3, 0.4) is 0 Å². The van der Waals surface area contributed by atoms with Crippen LogP contribution in [0.1, 0.15) is 11.1 Å². The van der Waals surface area contributed by atoms with Crippen LogP contribution in [0.4, 0.5) is 0 Å². The molecule has 3 rings (SSSR count). The van der Waals surface area contributed by atoms with E-state index in [4.69, 9.17) is 21.1 Å². The number of fused-ring (bicyclic) bond motifs is 1. The molecule has 0 aliphatic carbocycles. The highest BCUT2D eigenvalue weighted by Gasteiger charge is 2.27. The lowest BCUT2D eigenvalue weighted by Crippen LogP contribution is -2.37. The normalized spacial score (nSPS) is 16.6. The van der Waals surface area contributed by atoms with Crippen LogP contribution in [0, 0.1) is 6.92 Å². The number of halogens is 1. The van der Waals surface area contributed by atoms with Crippen molar-refractivity contribution in [2.45, 2.75) is 19.4 Å². The Balaban J connectivity index is 1.72. The zero-order chi connectivity index (χ0) is 14.8. The summed E-state index contributed by atoms with van der Waals surface area (Å²) in [5.41, 5.74) is 1.89. The van der Waals surface area contributed by atoms with Gasteiger partial charge in [-0.25, -0.2) is 0 Å². The molecule has 0 amide bonds. The van der Waals surface area contributed by atoms with Crippen molar-refractivity contribution in [3.05, 3.63) is 58.6 Å². The first-order chi connectivity index (χ1) is 10.1. The van der Waals surface area contributed by atoms with Crippen molar-refractivity contribution in [3.63, 3.8) is 0 Å². The van der Waals surface area contributed by atoms with Crippen LogP contribution >= 0.6 is 11.6 Å². The van der Waals surface area contributed by atoms with Gasteiger partial charge in [-0.1, -0.05) is 35.9 Å². The van der Waals surface area contributed by atoms with Crippen molar-refractivity contribution >= 4 is 17.4 Å². The van der Waals surface area contributed by atoms with Gasteiger partial charge in [-0.3, -0.25) is 4.79 Å². The van der Waals surface area contributed by atoms with Crippen LogP contribution in [-0.2, 0) is 11.2 Å². The molecule has 4 heteroatoms. The zero-order valence-corrected chi connectivity index (χ0v) is 12.4. The molecule has 0 bridgehead atoms. The number of Topliss-reactive ketones (excluding diaryl/α,β-unsaturated/α-hetero) is 1. The van der Waals surface area contributed by atoms with Gasteiger partial charge in [0.25, 0.3) is 0 Å². The molecule has 1 unspecified atom stereocenters. The van der Waals surface area contributed by atoms with Gasteiger partial charge in [0.05, 0.1) is 0 Å². The smallest absolute Gasteiger partial charge is 0.191 e. The number of ether oxygens (including phenoxy) is 2. The molecule has 0 N–H and O–H groups in total. The van der Waals surface area contributed by atoms with E-state index in [1.807, 2.05) is 43.3 Å². The molecular formula is C17H15ClO3. The maximum absolute atomic E-state index is 12.4. The van der Waals surface area contributed by atoms with Gasteiger partial charge >= 0.3 is 0 Å². The van der Waals surface area contributed by atoms with Gasteiger partial charge in [-0.15, -0.1) is 0 Å². The van der Waals surface area contributed by atoms with Crippen molar-refractivity contribution < 1.29 is 14.3 Å². The summed E-state index contributed by atoms with van der Waals surface area (Å²) in [6, 6.07) is 13.0. The first-order valence-corrected chi connectivity index (χ1v) is 7.17. The lowest BCUT2D eigenvalue weighted by Gasteiger charge is -2.25. The van der Waals surface area contributed by atoms with E-state index in [9.17, 15) is 4.79 Å². The number of carbonyl (C=O) groups is 1. The summed E-state index contributed by atoms with van der Waals surface area (Å²) in [7, 11) is 0. The van der Waals surface area contributed by atoms with E-state index < -0.39 is 6.10 Å². The monoisotopic (exact) mass is 302 g/mol. The maximum Gasteiger partial charge on any atom is 0.191 e. The summed E-state index contributed by atoms with van der Waals surface area (Å²) in [6.45, 7) is 2.20. The van der Waals surface area contributed by atoms with Gasteiger partial charge in [-0.2, -0.15) is 0 Å². The number of hydrogen-bond donors (Lipinski definition) is 0. The van der Waals surface area contributed by atoms with E-state index in [1.165, 1.54) is 0 Å². The van der Waals surface area contributed by atoms with Gasteiger partial charge in [0, 0.05) is 11.4 Å². The van der Waals surface area contributed by atoms with Crippen LogP contribution in [0.15, 0.2) is 42.5 Å². The van der Waals surface area contributed by atoms with Crippen molar-refractivity contribution in [1.29, 1.82) is 0 Å². The summed E-state index contributed by atoms with van der Waals surface area (Å²) in [6.07, 6.45) is -0.341. The minimum atomic E-state index is -0.586. The molecule has 21 heavy (non-hydrogen) atoms.